The van der Waals surface area contributed by atoms with Gasteiger partial charge in [-0.3, -0.25) is 0 Å². The number of halogens is 1. The van der Waals surface area contributed by atoms with Crippen LogP contribution in [0.5, 0.6) is 0 Å². The number of benzene rings is 1. The van der Waals surface area contributed by atoms with Crippen LogP contribution in [0.1, 0.15) is 36.0 Å². The lowest BCUT2D eigenvalue weighted by atomic mass is 9.89. The second-order valence-corrected chi connectivity index (χ2v) is 5.39. The normalized spacial score (nSPS) is 26.1. The van der Waals surface area contributed by atoms with Gasteiger partial charge >= 0.3 is 5.97 Å². The van der Waals surface area contributed by atoms with Crippen LogP contribution in [0.25, 0.3) is 0 Å². The molecule has 2 unspecified atom stereocenters. The highest BCUT2D eigenvalue weighted by Crippen LogP contribution is 2.34. The van der Waals surface area contributed by atoms with Crippen LogP contribution in [-0.4, -0.2) is 36.4 Å². The van der Waals surface area contributed by atoms with Gasteiger partial charge in [-0.2, -0.15) is 0 Å². The first-order valence-electron chi connectivity index (χ1n) is 7.08. The summed E-state index contributed by atoms with van der Waals surface area (Å²) in [6.07, 6.45) is 4.37. The third kappa shape index (κ3) is 2.26. The van der Waals surface area contributed by atoms with Gasteiger partial charge in [0.25, 0.3) is 0 Å². The van der Waals surface area contributed by atoms with Crippen LogP contribution >= 0.6 is 0 Å². The molecule has 1 aliphatic carbocycles. The van der Waals surface area contributed by atoms with Crippen LogP contribution < -0.4 is 4.90 Å². The molecule has 1 aromatic carbocycles. The molecule has 2 fully saturated rings. The Bertz CT molecular complexity index is 518. The van der Waals surface area contributed by atoms with Gasteiger partial charge in [-0.25, -0.2) is 9.18 Å². The Morgan fingerprint density at radius 3 is 2.95 bits per heavy atom. The molecule has 5 heteroatoms. The average Bonchev–Trinajstić information content (AvgIpc) is 2.46. The van der Waals surface area contributed by atoms with Crippen LogP contribution in [0.3, 0.4) is 0 Å². The summed E-state index contributed by atoms with van der Waals surface area (Å²) in [6, 6.07) is 4.64. The molecule has 2 aliphatic rings. The third-order valence-electron chi connectivity index (χ3n) is 4.25. The fourth-order valence-electron chi connectivity index (χ4n) is 3.36. The quantitative estimate of drug-likeness (QED) is 0.904. The second-order valence-electron chi connectivity index (χ2n) is 5.39. The summed E-state index contributed by atoms with van der Waals surface area (Å²) in [5.41, 5.74) is 0.261. The Hall–Kier alpha value is -1.62. The average molecular weight is 279 g/mol. The third-order valence-corrected chi connectivity index (χ3v) is 4.25. The molecule has 108 valence electrons. The van der Waals surface area contributed by atoms with E-state index < -0.39 is 11.8 Å². The van der Waals surface area contributed by atoms with E-state index in [9.17, 15) is 14.3 Å². The van der Waals surface area contributed by atoms with Crippen molar-refractivity contribution in [2.24, 2.45) is 0 Å². The van der Waals surface area contributed by atoms with Crippen LogP contribution in [0, 0.1) is 5.82 Å². The molecule has 0 amide bonds. The van der Waals surface area contributed by atoms with Crippen LogP contribution in [0.4, 0.5) is 10.1 Å². The van der Waals surface area contributed by atoms with Gasteiger partial charge < -0.3 is 14.7 Å². The van der Waals surface area contributed by atoms with Gasteiger partial charge in [-0.05, 0) is 25.0 Å². The predicted molar refractivity (Wildman–Crippen MR) is 72.7 cm³/mol. The van der Waals surface area contributed by atoms with Crippen molar-refractivity contribution < 1.29 is 19.0 Å². The number of carboxylic acids is 1. The molecular formula is C15H18FNO3. The smallest absolute Gasteiger partial charge is 0.340 e. The molecule has 4 nitrogen and oxygen atoms in total. The Labute approximate surface area is 117 Å². The van der Waals surface area contributed by atoms with Crippen molar-refractivity contribution in [1.82, 2.24) is 0 Å². The number of hydrogen-bond acceptors (Lipinski definition) is 3. The summed E-state index contributed by atoms with van der Waals surface area (Å²) < 4.78 is 19.6. The number of hydrogen-bond donors (Lipinski definition) is 1. The monoisotopic (exact) mass is 279 g/mol. The minimum absolute atomic E-state index is 0.141. The zero-order chi connectivity index (χ0) is 14.1. The van der Waals surface area contributed by atoms with Gasteiger partial charge in [0.1, 0.15) is 11.4 Å². The molecule has 2 atom stereocenters. The van der Waals surface area contributed by atoms with Crippen molar-refractivity contribution in [3.63, 3.8) is 0 Å². The maximum Gasteiger partial charge on any atom is 0.340 e. The summed E-state index contributed by atoms with van der Waals surface area (Å²) in [7, 11) is 0. The van der Waals surface area contributed by atoms with Gasteiger partial charge in [-0.1, -0.05) is 18.9 Å². The number of rotatable bonds is 2. The maximum absolute atomic E-state index is 13.8. The van der Waals surface area contributed by atoms with E-state index in [1.54, 1.807) is 12.1 Å². The van der Waals surface area contributed by atoms with Gasteiger partial charge in [0.15, 0.2) is 0 Å². The minimum Gasteiger partial charge on any atom is -0.478 e. The first kappa shape index (κ1) is 13.4. The molecule has 0 bridgehead atoms. The standard InChI is InChI=1S/C15H18FNO3/c16-10-4-3-6-12(14(10)15(18)19)17-8-9-20-13-7-2-1-5-11(13)17/h3-4,6,11,13H,1-2,5,7-9H2,(H,18,19). The molecule has 1 saturated heterocycles. The highest BCUT2D eigenvalue weighted by Gasteiger charge is 2.36. The van der Waals surface area contributed by atoms with Gasteiger partial charge in [-0.15, -0.1) is 0 Å². The predicted octanol–water partition coefficient (Wildman–Crippen LogP) is 2.67. The number of aromatic carboxylic acids is 1. The molecule has 1 saturated carbocycles. The van der Waals surface area contributed by atoms with E-state index >= 15 is 0 Å². The lowest BCUT2D eigenvalue weighted by Crippen LogP contribution is -2.53. The zero-order valence-corrected chi connectivity index (χ0v) is 11.2. The Balaban J connectivity index is 1.99. The van der Waals surface area contributed by atoms with E-state index in [0.29, 0.717) is 18.8 Å². The SMILES string of the molecule is O=C(O)c1c(F)cccc1N1CCOC2CCCCC21. The van der Waals surface area contributed by atoms with E-state index in [0.717, 1.165) is 25.7 Å². The van der Waals surface area contributed by atoms with E-state index in [4.69, 9.17) is 4.74 Å². The molecule has 0 aromatic heterocycles. The number of nitrogens with zero attached hydrogens (tertiary/aromatic N) is 1. The summed E-state index contributed by atoms with van der Waals surface area (Å²) in [5, 5.41) is 9.28. The number of anilines is 1. The van der Waals surface area contributed by atoms with Crippen LogP contribution in [0.15, 0.2) is 18.2 Å². The number of carbonyl (C=O) groups is 1. The van der Waals surface area contributed by atoms with Gasteiger partial charge in [0.2, 0.25) is 0 Å². The van der Waals surface area contributed by atoms with E-state index in [1.807, 2.05) is 4.90 Å². The number of morpholine rings is 1. The second kappa shape index (κ2) is 5.40. The topological polar surface area (TPSA) is 49.8 Å². The van der Waals surface area contributed by atoms with Crippen molar-refractivity contribution in [2.45, 2.75) is 37.8 Å². The zero-order valence-electron chi connectivity index (χ0n) is 11.2. The van der Waals surface area contributed by atoms with E-state index in [1.165, 1.54) is 6.07 Å². The highest BCUT2D eigenvalue weighted by molar-refractivity contribution is 5.94. The van der Waals surface area contributed by atoms with E-state index in [2.05, 4.69) is 0 Å². The number of ether oxygens (including phenoxy) is 1. The van der Waals surface area contributed by atoms with Gasteiger partial charge in [0.05, 0.1) is 24.4 Å². The van der Waals surface area contributed by atoms with Gasteiger partial charge in [0, 0.05) is 6.54 Å². The molecule has 0 spiro atoms. The lowest BCUT2D eigenvalue weighted by molar-refractivity contribution is -0.00880. The molecule has 1 aliphatic heterocycles. The maximum atomic E-state index is 13.8. The Morgan fingerprint density at radius 2 is 2.15 bits per heavy atom. The fourth-order valence-corrected chi connectivity index (χ4v) is 3.36. The molecule has 0 radical (unpaired) electrons. The van der Waals surface area contributed by atoms with E-state index in [-0.39, 0.29) is 17.7 Å². The Morgan fingerprint density at radius 1 is 1.35 bits per heavy atom. The molecule has 1 heterocycles. The molecule has 1 N–H and O–H groups in total. The highest BCUT2D eigenvalue weighted by atomic mass is 19.1. The largest absolute Gasteiger partial charge is 0.478 e. The summed E-state index contributed by atoms with van der Waals surface area (Å²) >= 11 is 0. The molecular weight excluding hydrogens is 261 g/mol. The van der Waals surface area contributed by atoms with Crippen molar-refractivity contribution >= 4 is 11.7 Å². The molecule has 1 aromatic rings. The molecule has 3 rings (SSSR count). The summed E-state index contributed by atoms with van der Waals surface area (Å²) in [4.78, 5) is 13.4. The van der Waals surface area contributed by atoms with Crippen molar-refractivity contribution in [3.05, 3.63) is 29.6 Å². The number of carboxylic acid groups (broad SMARTS) is 1. The summed E-state index contributed by atoms with van der Waals surface area (Å²) in [6.45, 7) is 1.18. The first-order chi connectivity index (χ1) is 9.68. The summed E-state index contributed by atoms with van der Waals surface area (Å²) in [5.74, 6) is -1.88. The van der Waals surface area contributed by atoms with Crippen molar-refractivity contribution in [2.75, 3.05) is 18.1 Å². The fraction of sp³-hybridized carbons (Fsp3) is 0.533. The first-order valence-corrected chi connectivity index (χ1v) is 7.08. The number of fused-ring (bicyclic) bond motifs is 1. The minimum atomic E-state index is -1.21. The van der Waals surface area contributed by atoms with Crippen molar-refractivity contribution in [1.29, 1.82) is 0 Å². The molecule has 20 heavy (non-hydrogen) atoms. The lowest BCUT2D eigenvalue weighted by Gasteiger charge is -2.45. The van der Waals surface area contributed by atoms with Crippen LogP contribution in [-0.2, 0) is 4.74 Å². The Kier molecular flexibility index (Phi) is 3.61. The van der Waals surface area contributed by atoms with Crippen LogP contribution in [0.2, 0.25) is 0 Å². The van der Waals surface area contributed by atoms with Crippen molar-refractivity contribution in [3.8, 4) is 0 Å².